The highest BCUT2D eigenvalue weighted by atomic mass is 19.2. The highest BCUT2D eigenvalue weighted by Crippen LogP contribution is 2.21. The first-order valence-electron chi connectivity index (χ1n) is 6.33. The van der Waals surface area contributed by atoms with Crippen LogP contribution in [0.5, 0.6) is 0 Å². The van der Waals surface area contributed by atoms with Gasteiger partial charge in [-0.3, -0.25) is 14.9 Å². The number of benzene rings is 2. The zero-order valence-electron chi connectivity index (χ0n) is 11.9. The summed E-state index contributed by atoms with van der Waals surface area (Å²) >= 11 is 0. The number of nitrogens with one attached hydrogen (secondary N) is 1. The van der Waals surface area contributed by atoms with E-state index in [1.54, 1.807) is 5.43 Å². The van der Waals surface area contributed by atoms with E-state index in [0.29, 0.717) is 0 Å². The van der Waals surface area contributed by atoms with Crippen LogP contribution >= 0.6 is 0 Å². The van der Waals surface area contributed by atoms with Crippen molar-refractivity contribution in [3.63, 3.8) is 0 Å². The van der Waals surface area contributed by atoms with E-state index < -0.39 is 45.5 Å². The molecular formula is C14H6F5N3O3. The molecule has 0 radical (unpaired) electrons. The van der Waals surface area contributed by atoms with Crippen molar-refractivity contribution in [3.05, 3.63) is 74.6 Å². The van der Waals surface area contributed by atoms with Crippen molar-refractivity contribution in [3.8, 4) is 0 Å². The lowest BCUT2D eigenvalue weighted by molar-refractivity contribution is -0.384. The summed E-state index contributed by atoms with van der Waals surface area (Å²) in [7, 11) is 0. The number of hydrogen-bond donors (Lipinski definition) is 1. The number of nitro benzene ring substituents is 1. The summed E-state index contributed by atoms with van der Waals surface area (Å²) in [4.78, 5) is 21.5. The number of hydrogen-bond acceptors (Lipinski definition) is 4. The molecule has 0 spiro atoms. The van der Waals surface area contributed by atoms with Gasteiger partial charge in [-0.15, -0.1) is 0 Å². The average molecular weight is 359 g/mol. The summed E-state index contributed by atoms with van der Waals surface area (Å²) in [5, 5.41) is 13.6. The van der Waals surface area contributed by atoms with Crippen molar-refractivity contribution in [2.24, 2.45) is 5.10 Å². The predicted octanol–water partition coefficient (Wildman–Crippen LogP) is 3.05. The molecule has 0 atom stereocenters. The lowest BCUT2D eigenvalue weighted by Crippen LogP contribution is -2.18. The molecule has 0 aliphatic heterocycles. The lowest BCUT2D eigenvalue weighted by atomic mass is 10.2. The van der Waals surface area contributed by atoms with Crippen molar-refractivity contribution in [1.29, 1.82) is 0 Å². The molecule has 2 rings (SSSR count). The Bertz CT molecular complexity index is 855. The zero-order chi connectivity index (χ0) is 18.7. The molecule has 2 aromatic carbocycles. The van der Waals surface area contributed by atoms with Gasteiger partial charge in [0.15, 0.2) is 23.3 Å². The second kappa shape index (κ2) is 7.03. The summed E-state index contributed by atoms with van der Waals surface area (Å²) < 4.78 is 65.6. The van der Waals surface area contributed by atoms with Crippen LogP contribution < -0.4 is 5.43 Å². The number of carbonyl (C=O) groups excluding carboxylic acids is 1. The Morgan fingerprint density at radius 1 is 0.960 bits per heavy atom. The summed E-state index contributed by atoms with van der Waals surface area (Å²) in [5.41, 5.74) is 0.100. The van der Waals surface area contributed by atoms with Crippen LogP contribution in [0.3, 0.4) is 0 Å². The van der Waals surface area contributed by atoms with Crippen molar-refractivity contribution < 1.29 is 31.7 Å². The first-order chi connectivity index (χ1) is 11.7. The molecule has 6 nitrogen and oxygen atoms in total. The van der Waals surface area contributed by atoms with E-state index in [1.807, 2.05) is 0 Å². The van der Waals surface area contributed by atoms with Crippen molar-refractivity contribution in [2.75, 3.05) is 0 Å². The van der Waals surface area contributed by atoms with E-state index in [4.69, 9.17) is 0 Å². The van der Waals surface area contributed by atoms with Gasteiger partial charge < -0.3 is 0 Å². The molecular weight excluding hydrogens is 353 g/mol. The van der Waals surface area contributed by atoms with Gasteiger partial charge in [-0.1, -0.05) is 0 Å². The molecule has 25 heavy (non-hydrogen) atoms. The summed E-state index contributed by atoms with van der Waals surface area (Å²) in [6.45, 7) is 0. The van der Waals surface area contributed by atoms with Gasteiger partial charge in [0.1, 0.15) is 0 Å². The summed E-state index contributed by atoms with van der Waals surface area (Å²) in [6, 6.07) is 4.23. The molecule has 1 N–H and O–H groups in total. The highest BCUT2D eigenvalue weighted by Gasteiger charge is 2.24. The average Bonchev–Trinajstić information content (AvgIpc) is 2.61. The number of nitro groups is 1. The van der Waals surface area contributed by atoms with Crippen LogP contribution in [0.4, 0.5) is 27.6 Å². The number of carbonyl (C=O) groups is 1. The number of nitrogens with zero attached hydrogens (tertiary/aromatic N) is 2. The molecule has 1 amide bonds. The fraction of sp³-hybridized carbons (Fsp3) is 0. The number of non-ortho nitro benzene ring substituents is 1. The Kier molecular flexibility index (Phi) is 5.05. The molecule has 0 aromatic heterocycles. The van der Waals surface area contributed by atoms with Gasteiger partial charge in [0, 0.05) is 17.7 Å². The van der Waals surface area contributed by atoms with Gasteiger partial charge in [-0.25, -0.2) is 27.4 Å². The van der Waals surface area contributed by atoms with E-state index in [-0.39, 0.29) is 17.5 Å². The van der Waals surface area contributed by atoms with Crippen LogP contribution in [0.25, 0.3) is 0 Å². The molecule has 11 heteroatoms. The molecule has 0 bridgehead atoms. The van der Waals surface area contributed by atoms with Crippen molar-refractivity contribution >= 4 is 17.8 Å². The third kappa shape index (κ3) is 3.59. The molecule has 0 saturated heterocycles. The smallest absolute Gasteiger partial charge is 0.267 e. The zero-order valence-corrected chi connectivity index (χ0v) is 11.9. The van der Waals surface area contributed by atoms with Gasteiger partial charge in [-0.05, 0) is 12.1 Å². The molecule has 130 valence electrons. The van der Waals surface area contributed by atoms with E-state index in [1.165, 1.54) is 0 Å². The topological polar surface area (TPSA) is 84.6 Å². The van der Waals surface area contributed by atoms with Crippen molar-refractivity contribution in [2.45, 2.75) is 0 Å². The minimum Gasteiger partial charge on any atom is -0.267 e. The molecule has 0 unspecified atom stereocenters. The molecule has 0 aliphatic carbocycles. The van der Waals surface area contributed by atoms with Crippen LogP contribution in [0, 0.1) is 39.2 Å². The predicted molar refractivity (Wildman–Crippen MR) is 74.4 cm³/mol. The number of halogens is 5. The van der Waals surface area contributed by atoms with Crippen LogP contribution in [0.15, 0.2) is 29.4 Å². The van der Waals surface area contributed by atoms with E-state index >= 15 is 0 Å². The lowest BCUT2D eigenvalue weighted by Gasteiger charge is -2.04. The fourth-order valence-corrected chi connectivity index (χ4v) is 1.69. The first-order valence-corrected chi connectivity index (χ1v) is 6.33. The minimum absolute atomic E-state index is 0.0832. The van der Waals surface area contributed by atoms with Crippen LogP contribution in [-0.2, 0) is 0 Å². The van der Waals surface area contributed by atoms with Crippen LogP contribution in [0.2, 0.25) is 0 Å². The molecule has 0 fully saturated rings. The Labute approximate surface area is 135 Å². The first kappa shape index (κ1) is 18.0. The molecule has 2 aromatic rings. The van der Waals surface area contributed by atoms with Crippen molar-refractivity contribution in [1.82, 2.24) is 5.43 Å². The van der Waals surface area contributed by atoms with Gasteiger partial charge in [0.2, 0.25) is 5.82 Å². The number of amides is 1. The second-order valence-electron chi connectivity index (χ2n) is 4.49. The number of hydrazone groups is 1. The second-order valence-corrected chi connectivity index (χ2v) is 4.49. The van der Waals surface area contributed by atoms with E-state index in [2.05, 4.69) is 5.10 Å². The summed E-state index contributed by atoms with van der Waals surface area (Å²) in [5.74, 6) is -11.8. The van der Waals surface area contributed by atoms with Gasteiger partial charge >= 0.3 is 0 Å². The van der Waals surface area contributed by atoms with Gasteiger partial charge in [-0.2, -0.15) is 5.10 Å². The maximum Gasteiger partial charge on any atom is 0.271 e. The third-order valence-electron chi connectivity index (χ3n) is 2.94. The Hall–Kier alpha value is -3.37. The largest absolute Gasteiger partial charge is 0.271 e. The van der Waals surface area contributed by atoms with E-state index in [0.717, 1.165) is 24.3 Å². The quantitative estimate of drug-likeness (QED) is 0.227. The highest BCUT2D eigenvalue weighted by molar-refractivity contribution is 5.95. The fourth-order valence-electron chi connectivity index (χ4n) is 1.69. The van der Waals surface area contributed by atoms with Crippen LogP contribution in [0.1, 0.15) is 15.9 Å². The Morgan fingerprint density at radius 2 is 1.44 bits per heavy atom. The molecule has 0 saturated carbocycles. The third-order valence-corrected chi connectivity index (χ3v) is 2.94. The normalized spacial score (nSPS) is 10.9. The van der Waals surface area contributed by atoms with Gasteiger partial charge in [0.25, 0.3) is 11.6 Å². The SMILES string of the molecule is O=C(N/N=C/c1c(F)c(F)c(F)c(F)c1F)c1ccc([N+](=O)[O-])cc1. The summed E-state index contributed by atoms with van der Waals surface area (Å²) in [6.07, 6.45) is 0.250. The van der Waals surface area contributed by atoms with Gasteiger partial charge in [0.05, 0.1) is 16.7 Å². The minimum atomic E-state index is -2.32. The van der Waals surface area contributed by atoms with E-state index in [9.17, 15) is 36.9 Å². The maximum atomic E-state index is 13.4. The molecule has 0 aliphatic rings. The molecule has 0 heterocycles. The van der Waals surface area contributed by atoms with Crippen LogP contribution in [-0.4, -0.2) is 17.0 Å². The Balaban J connectivity index is 2.18. The number of rotatable bonds is 4. The standard InChI is InChI=1S/C14H6F5N3O3/c15-9-8(10(16)12(18)13(19)11(9)17)5-20-21-14(23)6-1-3-7(4-2-6)22(24)25/h1-5H,(H,21,23)/b20-5+. The monoisotopic (exact) mass is 359 g/mol. The Morgan fingerprint density at radius 3 is 1.92 bits per heavy atom. The maximum absolute atomic E-state index is 13.4.